The third kappa shape index (κ3) is 4.24. The number of nitrogens with one attached hydrogen (secondary N) is 1. The van der Waals surface area contributed by atoms with E-state index in [1.807, 2.05) is 41.9 Å². The van der Waals surface area contributed by atoms with E-state index in [1.54, 1.807) is 23.0 Å². The van der Waals surface area contributed by atoms with Crippen LogP contribution in [0, 0.1) is 0 Å². The Labute approximate surface area is 206 Å². The number of para-hydroxylation sites is 1. The van der Waals surface area contributed by atoms with Gasteiger partial charge in [-0.1, -0.05) is 29.8 Å². The lowest BCUT2D eigenvalue weighted by Crippen LogP contribution is -2.22. The van der Waals surface area contributed by atoms with Gasteiger partial charge in [-0.3, -0.25) is 23.8 Å². The first-order valence-electron chi connectivity index (χ1n) is 10.8. The molecule has 2 aromatic carbocycles. The van der Waals surface area contributed by atoms with E-state index in [0.717, 1.165) is 22.7 Å². The number of hydrogen-bond donors (Lipinski definition) is 1. The first-order valence-corrected chi connectivity index (χ1v) is 13.0. The van der Waals surface area contributed by atoms with Crippen LogP contribution in [0.4, 0.5) is 0 Å². The van der Waals surface area contributed by atoms with Gasteiger partial charge in [0.2, 0.25) is 0 Å². The molecule has 0 atom stereocenters. The number of rotatable bonds is 7. The molecule has 35 heavy (non-hydrogen) atoms. The van der Waals surface area contributed by atoms with Gasteiger partial charge in [-0.25, -0.2) is 0 Å². The Morgan fingerprint density at radius 1 is 1.03 bits per heavy atom. The van der Waals surface area contributed by atoms with Crippen LogP contribution >= 0.6 is 11.6 Å². The molecule has 0 saturated carbocycles. The zero-order valence-corrected chi connectivity index (χ0v) is 20.5. The van der Waals surface area contributed by atoms with Gasteiger partial charge >= 0.3 is 0 Å². The number of nitrogens with zero attached hydrogens (tertiary/aromatic N) is 3. The molecule has 3 heterocycles. The molecule has 11 heteroatoms. The maximum Gasteiger partial charge on any atom is 0.264 e. The predicted octanol–water partition coefficient (Wildman–Crippen LogP) is 3.11. The summed E-state index contributed by atoms with van der Waals surface area (Å²) in [6.07, 6.45) is 3.19. The summed E-state index contributed by atoms with van der Waals surface area (Å²) < 4.78 is 30.9. The van der Waals surface area contributed by atoms with Crippen molar-refractivity contribution in [3.63, 3.8) is 0 Å². The number of imide groups is 1. The average Bonchev–Trinajstić information content (AvgIpc) is 3.41. The molecule has 2 amide bonds. The monoisotopic (exact) mass is 512 g/mol. The van der Waals surface area contributed by atoms with Crippen molar-refractivity contribution in [1.82, 2.24) is 19.7 Å². The Balaban J connectivity index is 1.66. The van der Waals surface area contributed by atoms with Crippen LogP contribution in [0.3, 0.4) is 0 Å². The minimum absolute atomic E-state index is 0.00599. The SMILES string of the molecule is Cn1cc(C2=C(c3nn(CCCOS(C)(=O)=O)c4ccccc34)C(=O)NC2=O)c2cc(Cl)ccc21. The van der Waals surface area contributed by atoms with E-state index in [9.17, 15) is 18.0 Å². The topological polar surface area (TPSA) is 112 Å². The zero-order chi connectivity index (χ0) is 24.9. The number of aromatic nitrogens is 3. The van der Waals surface area contributed by atoms with Crippen LogP contribution in [0.15, 0.2) is 48.7 Å². The quantitative estimate of drug-likeness (QED) is 0.231. The van der Waals surface area contributed by atoms with Gasteiger partial charge in [-0.2, -0.15) is 13.5 Å². The Hall–Kier alpha value is -3.47. The van der Waals surface area contributed by atoms with Crippen molar-refractivity contribution >= 4 is 66.5 Å². The number of hydrogen-bond acceptors (Lipinski definition) is 6. The lowest BCUT2D eigenvalue weighted by Gasteiger charge is -2.04. The summed E-state index contributed by atoms with van der Waals surface area (Å²) >= 11 is 6.24. The molecule has 0 saturated heterocycles. The number of carbonyl (C=O) groups is 2. The van der Waals surface area contributed by atoms with Crippen LogP contribution in [0.5, 0.6) is 0 Å². The molecule has 0 bridgehead atoms. The molecule has 5 rings (SSSR count). The molecule has 0 unspecified atom stereocenters. The van der Waals surface area contributed by atoms with Crippen molar-refractivity contribution in [2.75, 3.05) is 12.9 Å². The molecule has 9 nitrogen and oxygen atoms in total. The van der Waals surface area contributed by atoms with Crippen LogP contribution in [-0.2, 0) is 37.5 Å². The van der Waals surface area contributed by atoms with Crippen LogP contribution in [0.1, 0.15) is 17.7 Å². The Morgan fingerprint density at radius 2 is 1.77 bits per heavy atom. The van der Waals surface area contributed by atoms with E-state index in [0.29, 0.717) is 34.6 Å². The number of carbonyl (C=O) groups excluding carboxylic acids is 2. The van der Waals surface area contributed by atoms with E-state index in [4.69, 9.17) is 15.8 Å². The lowest BCUT2D eigenvalue weighted by molar-refractivity contribution is -0.122. The molecule has 1 N–H and O–H groups in total. The van der Waals surface area contributed by atoms with Crippen molar-refractivity contribution in [3.8, 4) is 0 Å². The van der Waals surface area contributed by atoms with E-state index in [2.05, 4.69) is 10.4 Å². The Kier molecular flexibility index (Phi) is 5.74. The molecular weight excluding hydrogens is 492 g/mol. The third-order valence-electron chi connectivity index (χ3n) is 5.86. The summed E-state index contributed by atoms with van der Waals surface area (Å²) in [6, 6.07) is 12.8. The highest BCUT2D eigenvalue weighted by Crippen LogP contribution is 2.38. The number of benzene rings is 2. The van der Waals surface area contributed by atoms with Gasteiger partial charge in [-0.05, 0) is 30.7 Å². The van der Waals surface area contributed by atoms with Crippen LogP contribution in [0.2, 0.25) is 5.02 Å². The maximum atomic E-state index is 13.0. The van der Waals surface area contributed by atoms with Crippen molar-refractivity contribution in [2.45, 2.75) is 13.0 Å². The second-order valence-corrected chi connectivity index (χ2v) is 10.4. The van der Waals surface area contributed by atoms with Crippen LogP contribution in [0.25, 0.3) is 33.0 Å². The van der Waals surface area contributed by atoms with Gasteiger partial charge in [0.25, 0.3) is 21.9 Å². The standard InChI is InChI=1S/C24H21ClN4O5S/c1-28-13-17(16-12-14(25)8-9-18(16)28)20-21(24(31)26-23(20)30)22-15-6-3-4-7-19(15)29(27-22)10-5-11-34-35(2,32)33/h3-4,6-9,12-13H,5,10-11H2,1-2H3,(H,26,30,31). The van der Waals surface area contributed by atoms with Crippen molar-refractivity contribution < 1.29 is 22.2 Å². The number of halogens is 1. The highest BCUT2D eigenvalue weighted by atomic mass is 35.5. The summed E-state index contributed by atoms with van der Waals surface area (Å²) in [5.74, 6) is -1.03. The second-order valence-electron chi connectivity index (χ2n) is 8.32. The smallest absolute Gasteiger partial charge is 0.264 e. The molecule has 4 aromatic rings. The van der Waals surface area contributed by atoms with Gasteiger partial charge in [0.05, 0.1) is 29.5 Å². The second kappa shape index (κ2) is 8.63. The minimum Gasteiger partial charge on any atom is -0.350 e. The first-order chi connectivity index (χ1) is 16.6. The van der Waals surface area contributed by atoms with Crippen molar-refractivity contribution in [3.05, 3.63) is 64.9 Å². The van der Waals surface area contributed by atoms with Crippen molar-refractivity contribution in [2.24, 2.45) is 7.05 Å². The molecule has 0 spiro atoms. The summed E-state index contributed by atoms with van der Waals surface area (Å²) in [6.45, 7) is 0.365. The summed E-state index contributed by atoms with van der Waals surface area (Å²) in [5, 5.41) is 9.06. The number of aryl methyl sites for hydroxylation is 2. The van der Waals surface area contributed by atoms with E-state index < -0.39 is 21.9 Å². The van der Waals surface area contributed by atoms with E-state index in [1.165, 1.54) is 0 Å². The fourth-order valence-corrected chi connectivity index (χ4v) is 5.00. The molecule has 0 aliphatic carbocycles. The molecule has 180 valence electrons. The Morgan fingerprint density at radius 3 is 2.54 bits per heavy atom. The van der Waals surface area contributed by atoms with Crippen LogP contribution < -0.4 is 5.32 Å². The third-order valence-corrected chi connectivity index (χ3v) is 6.69. The average molecular weight is 513 g/mol. The number of fused-ring (bicyclic) bond motifs is 2. The fourth-order valence-electron chi connectivity index (χ4n) is 4.41. The fraction of sp³-hybridized carbons (Fsp3) is 0.208. The molecule has 0 fully saturated rings. The molecular formula is C24H21ClN4O5S. The first kappa shape index (κ1) is 23.3. The van der Waals surface area contributed by atoms with Gasteiger partial charge < -0.3 is 4.57 Å². The van der Waals surface area contributed by atoms with Crippen LogP contribution in [-0.4, -0.2) is 47.4 Å². The summed E-state index contributed by atoms with van der Waals surface area (Å²) in [7, 11) is -1.68. The zero-order valence-electron chi connectivity index (χ0n) is 18.9. The summed E-state index contributed by atoms with van der Waals surface area (Å²) in [5.41, 5.74) is 3.00. The maximum absolute atomic E-state index is 13.0. The van der Waals surface area contributed by atoms with E-state index in [-0.39, 0.29) is 17.8 Å². The summed E-state index contributed by atoms with van der Waals surface area (Å²) in [4.78, 5) is 26.1. The van der Waals surface area contributed by atoms with Crippen molar-refractivity contribution in [1.29, 1.82) is 0 Å². The minimum atomic E-state index is -3.54. The van der Waals surface area contributed by atoms with Gasteiger partial charge in [0.1, 0.15) is 5.69 Å². The normalized spacial score (nSPS) is 14.5. The van der Waals surface area contributed by atoms with Gasteiger partial charge in [-0.15, -0.1) is 0 Å². The van der Waals surface area contributed by atoms with Gasteiger partial charge in [0, 0.05) is 46.7 Å². The predicted molar refractivity (Wildman–Crippen MR) is 133 cm³/mol. The number of amides is 2. The highest BCUT2D eigenvalue weighted by molar-refractivity contribution is 7.85. The lowest BCUT2D eigenvalue weighted by atomic mass is 9.97. The largest absolute Gasteiger partial charge is 0.350 e. The highest BCUT2D eigenvalue weighted by Gasteiger charge is 2.36. The van der Waals surface area contributed by atoms with Gasteiger partial charge in [0.15, 0.2) is 0 Å². The van der Waals surface area contributed by atoms with E-state index >= 15 is 0 Å². The molecule has 1 aliphatic rings. The molecule has 2 aromatic heterocycles. The Bertz CT molecular complexity index is 1670. The molecule has 0 radical (unpaired) electrons. The molecule has 1 aliphatic heterocycles.